The molecule has 0 aliphatic heterocycles. The van der Waals surface area contributed by atoms with E-state index in [0.29, 0.717) is 0 Å². The fourth-order valence-electron chi connectivity index (χ4n) is 0.429. The molecule has 0 N–H and O–H groups in total. The van der Waals surface area contributed by atoms with Crippen LogP contribution in [0.3, 0.4) is 0 Å². The zero-order valence-electron chi connectivity index (χ0n) is 6.02. The summed E-state index contributed by atoms with van der Waals surface area (Å²) in [6.07, 6.45) is 2.44. The lowest BCUT2D eigenvalue weighted by Crippen LogP contribution is -2.23. The molecular formula is C6H15N2. The van der Waals surface area contributed by atoms with Crippen LogP contribution in [0.5, 0.6) is 0 Å². The summed E-state index contributed by atoms with van der Waals surface area (Å²) in [4.78, 5) is 0. The quantitative estimate of drug-likeness (QED) is 0.392. The highest BCUT2D eigenvalue weighted by Gasteiger charge is 1.86. The Morgan fingerprint density at radius 2 is 2.00 bits per heavy atom. The molecular weight excluding hydrogens is 100 g/mol. The number of rotatable bonds is 4. The van der Waals surface area contributed by atoms with Gasteiger partial charge in [-0.3, -0.25) is 0 Å². The second-order valence-electron chi connectivity index (χ2n) is 2.07. The van der Waals surface area contributed by atoms with Crippen molar-refractivity contribution in [3.05, 3.63) is 0 Å². The molecule has 0 bridgehead atoms. The smallest absolute Gasteiger partial charge is 0.0306 e. The van der Waals surface area contributed by atoms with E-state index < -0.39 is 0 Å². The highest BCUT2D eigenvalue weighted by Crippen LogP contribution is 1.83. The second-order valence-corrected chi connectivity index (χ2v) is 2.07. The van der Waals surface area contributed by atoms with Gasteiger partial charge in [-0.15, -0.1) is 0 Å². The van der Waals surface area contributed by atoms with Gasteiger partial charge in [0, 0.05) is 20.6 Å². The van der Waals surface area contributed by atoms with Gasteiger partial charge in [0.05, 0.1) is 0 Å². The van der Waals surface area contributed by atoms with Gasteiger partial charge in [-0.25, -0.2) is 5.01 Å². The summed E-state index contributed by atoms with van der Waals surface area (Å²) < 4.78 is 0. The average molecular weight is 115 g/mol. The van der Waals surface area contributed by atoms with Crippen molar-refractivity contribution in [3.8, 4) is 0 Å². The topological polar surface area (TPSA) is 17.3 Å². The molecule has 0 aliphatic rings. The van der Waals surface area contributed by atoms with Gasteiger partial charge in [0.1, 0.15) is 0 Å². The highest BCUT2D eigenvalue weighted by molar-refractivity contribution is 4.36. The van der Waals surface area contributed by atoms with E-state index in [1.807, 2.05) is 19.1 Å². The Balaban J connectivity index is 2.72. The molecule has 0 aliphatic carbocycles. The van der Waals surface area contributed by atoms with Gasteiger partial charge >= 0.3 is 0 Å². The van der Waals surface area contributed by atoms with E-state index in [9.17, 15) is 0 Å². The lowest BCUT2D eigenvalue weighted by atomic mass is 10.3. The van der Waals surface area contributed by atoms with Crippen LogP contribution in [0.1, 0.15) is 19.8 Å². The summed E-state index contributed by atoms with van der Waals surface area (Å²) in [7, 11) is 3.91. The van der Waals surface area contributed by atoms with Crippen molar-refractivity contribution < 1.29 is 0 Å². The Bertz CT molecular complexity index is 43.8. The van der Waals surface area contributed by atoms with Gasteiger partial charge in [-0.05, 0) is 6.42 Å². The first kappa shape index (κ1) is 7.92. The first-order valence-corrected chi connectivity index (χ1v) is 3.12. The van der Waals surface area contributed by atoms with Crippen LogP contribution in [0.4, 0.5) is 0 Å². The van der Waals surface area contributed by atoms with Crippen molar-refractivity contribution in [2.75, 3.05) is 20.6 Å². The van der Waals surface area contributed by atoms with E-state index in [1.165, 1.54) is 12.8 Å². The molecule has 2 nitrogen and oxygen atoms in total. The van der Waals surface area contributed by atoms with Crippen LogP contribution in [0.15, 0.2) is 0 Å². The number of unbranched alkanes of at least 4 members (excludes halogenated alkanes) is 1. The van der Waals surface area contributed by atoms with E-state index in [1.54, 1.807) is 0 Å². The third-order valence-electron chi connectivity index (χ3n) is 0.895. The summed E-state index contributed by atoms with van der Waals surface area (Å²) in [5.74, 6) is 0. The van der Waals surface area contributed by atoms with Crippen molar-refractivity contribution in [2.24, 2.45) is 0 Å². The monoisotopic (exact) mass is 115 g/mol. The minimum absolute atomic E-state index is 0.976. The Labute approximate surface area is 51.8 Å². The van der Waals surface area contributed by atoms with Crippen molar-refractivity contribution in [1.29, 1.82) is 0 Å². The number of hydrogen-bond acceptors (Lipinski definition) is 1. The normalized spacial score (nSPS) is 10.5. The number of nitrogens with zero attached hydrogens (tertiary/aromatic N) is 2. The summed E-state index contributed by atoms with van der Waals surface area (Å²) in [6, 6.07) is 0. The third kappa shape index (κ3) is 5.92. The van der Waals surface area contributed by atoms with Gasteiger partial charge in [0.2, 0.25) is 0 Å². The van der Waals surface area contributed by atoms with Crippen LogP contribution >= 0.6 is 0 Å². The van der Waals surface area contributed by atoms with Crippen LogP contribution < -0.4 is 5.43 Å². The molecule has 0 saturated carbocycles. The fourth-order valence-corrected chi connectivity index (χ4v) is 0.429. The van der Waals surface area contributed by atoms with Crippen molar-refractivity contribution >= 4 is 0 Å². The van der Waals surface area contributed by atoms with Gasteiger partial charge in [-0.2, -0.15) is 5.43 Å². The van der Waals surface area contributed by atoms with Crippen LogP contribution in [-0.4, -0.2) is 25.6 Å². The molecule has 0 saturated heterocycles. The van der Waals surface area contributed by atoms with Crippen molar-refractivity contribution in [3.63, 3.8) is 0 Å². The Hall–Kier alpha value is -0.0800. The van der Waals surface area contributed by atoms with E-state index in [-0.39, 0.29) is 0 Å². The SMILES string of the molecule is CCCC[N]N(C)C. The maximum Gasteiger partial charge on any atom is 0.0306 e. The van der Waals surface area contributed by atoms with E-state index in [0.717, 1.165) is 6.54 Å². The molecule has 0 heterocycles. The van der Waals surface area contributed by atoms with Crippen LogP contribution in [0.2, 0.25) is 0 Å². The summed E-state index contributed by atoms with van der Waals surface area (Å²) >= 11 is 0. The molecule has 0 atom stereocenters. The molecule has 0 spiro atoms. The molecule has 0 aromatic rings. The average Bonchev–Trinajstić information content (AvgIpc) is 1.66. The minimum Gasteiger partial charge on any atom is -0.233 e. The standard InChI is InChI=1S/C6H15N2/c1-4-5-6-7-8(2)3/h4-6H2,1-3H3. The maximum absolute atomic E-state index is 4.15. The maximum atomic E-state index is 4.15. The predicted octanol–water partition coefficient (Wildman–Crippen LogP) is 0.867. The molecule has 0 fully saturated rings. The molecule has 0 unspecified atom stereocenters. The van der Waals surface area contributed by atoms with E-state index >= 15 is 0 Å². The zero-order valence-corrected chi connectivity index (χ0v) is 6.02. The van der Waals surface area contributed by atoms with Crippen LogP contribution in [-0.2, 0) is 0 Å². The first-order valence-electron chi connectivity index (χ1n) is 3.12. The molecule has 0 aromatic heterocycles. The summed E-state index contributed by atoms with van der Waals surface area (Å²) in [5, 5.41) is 1.86. The summed E-state index contributed by atoms with van der Waals surface area (Å²) in [6.45, 7) is 3.15. The molecule has 0 amide bonds. The lowest BCUT2D eigenvalue weighted by molar-refractivity contribution is 0.277. The molecule has 8 heavy (non-hydrogen) atoms. The number of hydrogen-bond donors (Lipinski definition) is 0. The van der Waals surface area contributed by atoms with Gasteiger partial charge in [0.25, 0.3) is 0 Å². The zero-order chi connectivity index (χ0) is 6.41. The molecule has 0 rings (SSSR count). The van der Waals surface area contributed by atoms with E-state index in [4.69, 9.17) is 0 Å². The Morgan fingerprint density at radius 3 is 2.38 bits per heavy atom. The van der Waals surface area contributed by atoms with Crippen LogP contribution in [0, 0.1) is 0 Å². The van der Waals surface area contributed by atoms with Crippen molar-refractivity contribution in [1.82, 2.24) is 10.4 Å². The lowest BCUT2D eigenvalue weighted by Gasteiger charge is -2.06. The Kier molecular flexibility index (Phi) is 5.01. The molecule has 2 heteroatoms. The molecule has 1 radical (unpaired) electrons. The van der Waals surface area contributed by atoms with Crippen molar-refractivity contribution in [2.45, 2.75) is 19.8 Å². The molecule has 49 valence electrons. The second kappa shape index (κ2) is 5.06. The van der Waals surface area contributed by atoms with E-state index in [2.05, 4.69) is 12.3 Å². The largest absolute Gasteiger partial charge is 0.233 e. The van der Waals surface area contributed by atoms with Gasteiger partial charge < -0.3 is 0 Å². The summed E-state index contributed by atoms with van der Waals surface area (Å²) in [5.41, 5.74) is 4.15. The predicted molar refractivity (Wildman–Crippen MR) is 35.6 cm³/mol. The third-order valence-corrected chi connectivity index (χ3v) is 0.895. The van der Waals surface area contributed by atoms with Gasteiger partial charge in [-0.1, -0.05) is 13.3 Å². The fraction of sp³-hybridized carbons (Fsp3) is 1.00. The highest BCUT2D eigenvalue weighted by atomic mass is 15.5. The molecule has 0 aromatic carbocycles. The minimum atomic E-state index is 0.976. The van der Waals surface area contributed by atoms with Gasteiger partial charge in [0.15, 0.2) is 0 Å². The Morgan fingerprint density at radius 1 is 1.38 bits per heavy atom. The van der Waals surface area contributed by atoms with Crippen LogP contribution in [0.25, 0.3) is 0 Å². The first-order chi connectivity index (χ1) is 3.77.